The molecule has 0 radical (unpaired) electrons. The maximum atomic E-state index is 12.3. The lowest BCUT2D eigenvalue weighted by molar-refractivity contribution is -0.131. The maximum absolute atomic E-state index is 12.3. The van der Waals surface area contributed by atoms with Gasteiger partial charge in [0.15, 0.2) is 0 Å². The van der Waals surface area contributed by atoms with E-state index in [1.54, 1.807) is 13.0 Å². The maximum Gasteiger partial charge on any atom is 0.342 e. The molecule has 36 heavy (non-hydrogen) atoms. The summed E-state index contributed by atoms with van der Waals surface area (Å²) < 4.78 is 2.19. The van der Waals surface area contributed by atoms with Gasteiger partial charge in [0.05, 0.1) is 11.4 Å². The fourth-order valence-corrected chi connectivity index (χ4v) is 4.80. The van der Waals surface area contributed by atoms with E-state index >= 15 is 0 Å². The van der Waals surface area contributed by atoms with Crippen molar-refractivity contribution in [3.63, 3.8) is 0 Å². The van der Waals surface area contributed by atoms with Crippen molar-refractivity contribution in [1.29, 1.82) is 0 Å². The number of nitrogens with one attached hydrogen (secondary N) is 1. The summed E-state index contributed by atoms with van der Waals surface area (Å²) in [6.45, 7) is 3.84. The Kier molecular flexibility index (Phi) is 6.56. The van der Waals surface area contributed by atoms with Gasteiger partial charge in [0.1, 0.15) is 10.7 Å². The van der Waals surface area contributed by atoms with Gasteiger partial charge in [0.25, 0.3) is 0 Å². The summed E-state index contributed by atoms with van der Waals surface area (Å²) in [5, 5.41) is 17.3. The van der Waals surface area contributed by atoms with Crippen LogP contribution in [0.15, 0.2) is 101 Å². The number of carboxylic acid groups (broad SMARTS) is 1. The van der Waals surface area contributed by atoms with Gasteiger partial charge in [0.2, 0.25) is 5.16 Å². The largest absolute Gasteiger partial charge is 0.477 e. The van der Waals surface area contributed by atoms with Crippen molar-refractivity contribution in [2.24, 2.45) is 0 Å². The average Bonchev–Trinajstić information content (AvgIpc) is 3.48. The molecule has 6 nitrogen and oxygen atoms in total. The minimum absolute atomic E-state index is 0.131. The second-order valence-electron chi connectivity index (χ2n) is 8.36. The van der Waals surface area contributed by atoms with E-state index in [2.05, 4.69) is 63.1 Å². The van der Waals surface area contributed by atoms with Crippen molar-refractivity contribution in [1.82, 2.24) is 19.7 Å². The number of hydrogen-bond acceptors (Lipinski definition) is 4. The van der Waals surface area contributed by atoms with Crippen molar-refractivity contribution >= 4 is 23.8 Å². The summed E-state index contributed by atoms with van der Waals surface area (Å²) in [4.78, 5) is 16.7. The van der Waals surface area contributed by atoms with Crippen molar-refractivity contribution < 1.29 is 9.90 Å². The zero-order valence-corrected chi connectivity index (χ0v) is 20.7. The van der Waals surface area contributed by atoms with Gasteiger partial charge in [-0.15, -0.1) is 5.10 Å². The lowest BCUT2D eigenvalue weighted by Gasteiger charge is -2.15. The van der Waals surface area contributed by atoms with Crippen LogP contribution in [0.4, 0.5) is 0 Å². The van der Waals surface area contributed by atoms with Gasteiger partial charge in [0, 0.05) is 11.3 Å². The summed E-state index contributed by atoms with van der Waals surface area (Å²) in [6, 6.07) is 30.5. The van der Waals surface area contributed by atoms with Crippen molar-refractivity contribution in [3.8, 4) is 28.2 Å². The van der Waals surface area contributed by atoms with Crippen LogP contribution in [0.1, 0.15) is 17.0 Å². The number of hydrogen-bond donors (Lipinski definition) is 2. The molecule has 0 aliphatic rings. The van der Waals surface area contributed by atoms with Gasteiger partial charge >= 0.3 is 5.97 Å². The summed E-state index contributed by atoms with van der Waals surface area (Å²) in [6.07, 6.45) is 1.71. The van der Waals surface area contributed by atoms with Crippen LogP contribution < -0.4 is 0 Å². The van der Waals surface area contributed by atoms with Gasteiger partial charge < -0.3 is 9.67 Å². The molecule has 0 saturated carbocycles. The van der Waals surface area contributed by atoms with E-state index in [1.807, 2.05) is 54.6 Å². The van der Waals surface area contributed by atoms with E-state index in [4.69, 9.17) is 0 Å². The predicted octanol–water partition coefficient (Wildman–Crippen LogP) is 6.76. The number of nitrogens with zero attached hydrogens (tertiary/aromatic N) is 3. The molecule has 5 aromatic rings. The van der Waals surface area contributed by atoms with E-state index in [9.17, 15) is 9.90 Å². The third-order valence-corrected chi connectivity index (χ3v) is 6.59. The van der Waals surface area contributed by atoms with E-state index in [0.29, 0.717) is 11.0 Å². The van der Waals surface area contributed by atoms with Gasteiger partial charge in [-0.1, -0.05) is 78.4 Å². The molecular formula is C29H24N4O2S. The molecule has 0 atom stereocenters. The topological polar surface area (TPSA) is 83.8 Å². The number of thioether (sulfide) groups is 1. The van der Waals surface area contributed by atoms with Crippen LogP contribution >= 0.6 is 11.8 Å². The molecule has 0 aliphatic carbocycles. The summed E-state index contributed by atoms with van der Waals surface area (Å²) in [5.74, 6) is -0.407. The van der Waals surface area contributed by atoms with Crippen LogP contribution in [0.25, 0.3) is 34.3 Å². The van der Waals surface area contributed by atoms with Crippen molar-refractivity contribution in [3.05, 3.63) is 113 Å². The van der Waals surface area contributed by atoms with Gasteiger partial charge in [-0.2, -0.15) is 0 Å². The summed E-state index contributed by atoms with van der Waals surface area (Å²) in [5.41, 5.74) is 6.83. The molecule has 3 aromatic carbocycles. The van der Waals surface area contributed by atoms with Crippen LogP contribution in [-0.4, -0.2) is 30.8 Å². The zero-order valence-electron chi connectivity index (χ0n) is 19.8. The zero-order chi connectivity index (χ0) is 25.1. The minimum Gasteiger partial charge on any atom is -0.477 e. The first-order chi connectivity index (χ1) is 17.5. The Balaban J connectivity index is 1.78. The predicted molar refractivity (Wildman–Crippen MR) is 144 cm³/mol. The Morgan fingerprint density at radius 1 is 0.917 bits per heavy atom. The third kappa shape index (κ3) is 4.87. The molecule has 0 fully saturated rings. The van der Waals surface area contributed by atoms with Gasteiger partial charge in [-0.05, 0) is 61.0 Å². The van der Waals surface area contributed by atoms with Crippen LogP contribution in [0.3, 0.4) is 0 Å². The van der Waals surface area contributed by atoms with Crippen molar-refractivity contribution in [2.45, 2.75) is 19.0 Å². The third-order valence-electron chi connectivity index (χ3n) is 5.71. The molecular weight excluding hydrogens is 468 g/mol. The van der Waals surface area contributed by atoms with Crippen LogP contribution in [0.5, 0.6) is 0 Å². The number of rotatable bonds is 7. The standard InChI is InChI=1S/C29H24N4O2S/c1-19-13-15-24(16-14-19)33-25(21-9-5-3-6-10-21)17-23(27(33)22-11-7-4-8-12-22)18-26(28(34)35)36-29-30-20(2)31-32-29/h3-18H,1-2H3,(H,34,35)(H,30,31,32)/b26-18-. The SMILES string of the molecule is Cc1ccc(-n2c(-c3ccccc3)cc(/C=C(\Sc3n[nH]c(C)n3)C(=O)O)c2-c2ccccc2)cc1. The van der Waals surface area contributed by atoms with E-state index in [0.717, 1.165) is 45.5 Å². The highest BCUT2D eigenvalue weighted by Crippen LogP contribution is 2.38. The lowest BCUT2D eigenvalue weighted by Crippen LogP contribution is -2.01. The highest BCUT2D eigenvalue weighted by Gasteiger charge is 2.21. The molecule has 0 unspecified atom stereocenters. The van der Waals surface area contributed by atoms with Gasteiger partial charge in [-0.3, -0.25) is 5.10 Å². The second kappa shape index (κ2) is 10.1. The summed E-state index contributed by atoms with van der Waals surface area (Å²) >= 11 is 1.02. The number of H-pyrrole nitrogens is 1. The first-order valence-corrected chi connectivity index (χ1v) is 12.3. The Morgan fingerprint density at radius 3 is 2.14 bits per heavy atom. The number of carboxylic acids is 1. The fraction of sp³-hybridized carbons (Fsp3) is 0.0690. The molecule has 2 aromatic heterocycles. The Hall–Kier alpha value is -4.36. The quantitative estimate of drug-likeness (QED) is 0.194. The number of aliphatic carboxylic acids is 1. The molecule has 5 rings (SSSR count). The highest BCUT2D eigenvalue weighted by molar-refractivity contribution is 8.04. The molecule has 0 amide bonds. The Labute approximate surface area is 213 Å². The number of aromatic amines is 1. The first-order valence-electron chi connectivity index (χ1n) is 11.4. The number of benzene rings is 3. The monoisotopic (exact) mass is 492 g/mol. The smallest absolute Gasteiger partial charge is 0.342 e. The van der Waals surface area contributed by atoms with E-state index < -0.39 is 5.97 Å². The van der Waals surface area contributed by atoms with E-state index in [1.165, 1.54) is 5.56 Å². The Morgan fingerprint density at radius 2 is 1.56 bits per heavy atom. The molecule has 0 spiro atoms. The second-order valence-corrected chi connectivity index (χ2v) is 9.36. The first kappa shape index (κ1) is 23.4. The fourth-order valence-electron chi connectivity index (χ4n) is 4.06. The average molecular weight is 493 g/mol. The van der Waals surface area contributed by atoms with Gasteiger partial charge in [-0.25, -0.2) is 9.78 Å². The lowest BCUT2D eigenvalue weighted by atomic mass is 10.1. The van der Waals surface area contributed by atoms with Crippen molar-refractivity contribution in [2.75, 3.05) is 0 Å². The molecule has 2 heterocycles. The minimum atomic E-state index is -1.04. The summed E-state index contributed by atoms with van der Waals surface area (Å²) in [7, 11) is 0. The molecule has 0 bridgehead atoms. The van der Waals surface area contributed by atoms with Crippen LogP contribution in [-0.2, 0) is 4.79 Å². The molecule has 0 saturated heterocycles. The molecule has 0 aliphatic heterocycles. The number of aryl methyl sites for hydroxylation is 2. The number of aromatic nitrogens is 4. The number of carbonyl (C=O) groups is 1. The molecule has 7 heteroatoms. The normalized spacial score (nSPS) is 11.6. The van der Waals surface area contributed by atoms with Crippen LogP contribution in [0.2, 0.25) is 0 Å². The van der Waals surface area contributed by atoms with E-state index in [-0.39, 0.29) is 4.91 Å². The molecule has 2 N–H and O–H groups in total. The van der Waals surface area contributed by atoms with Crippen LogP contribution in [0, 0.1) is 13.8 Å². The highest BCUT2D eigenvalue weighted by atomic mass is 32.2. The Bertz CT molecular complexity index is 1540. The molecule has 178 valence electrons.